The van der Waals surface area contributed by atoms with Gasteiger partial charge in [-0.25, -0.2) is 4.79 Å². The Bertz CT molecular complexity index is 796. The molecule has 1 aliphatic rings. The summed E-state index contributed by atoms with van der Waals surface area (Å²) in [6.07, 6.45) is 11.1. The fourth-order valence-electron chi connectivity index (χ4n) is 3.91. The average Bonchev–Trinajstić information content (AvgIpc) is 2.78. The summed E-state index contributed by atoms with van der Waals surface area (Å²) in [7, 11) is 1.35. The van der Waals surface area contributed by atoms with Crippen molar-refractivity contribution in [3.05, 3.63) is 72.4 Å². The minimum atomic E-state index is -0.707. The second-order valence-electron chi connectivity index (χ2n) is 9.01. The van der Waals surface area contributed by atoms with Crippen LogP contribution in [0.2, 0.25) is 0 Å². The Hall–Kier alpha value is -2.21. The van der Waals surface area contributed by atoms with Crippen molar-refractivity contribution in [3.63, 3.8) is 0 Å². The molecule has 1 aromatic rings. The van der Waals surface area contributed by atoms with Gasteiger partial charge in [0, 0.05) is 30.3 Å². The van der Waals surface area contributed by atoms with E-state index in [0.717, 1.165) is 5.56 Å². The van der Waals surface area contributed by atoms with Crippen molar-refractivity contribution in [2.45, 2.75) is 71.1 Å². The molecule has 0 aromatic heterocycles. The number of benzene rings is 1. The molecule has 0 aliphatic carbocycles. The molecule has 5 heteroatoms. The molecule has 1 aliphatic heterocycles. The molecule has 5 nitrogen and oxygen atoms in total. The normalized spacial score (nSPS) is 25.1. The van der Waals surface area contributed by atoms with Gasteiger partial charge in [-0.1, -0.05) is 81.5 Å². The summed E-state index contributed by atoms with van der Waals surface area (Å²) >= 11 is 0. The summed E-state index contributed by atoms with van der Waals surface area (Å²) in [5, 5.41) is 10.8. The predicted molar refractivity (Wildman–Crippen MR) is 127 cm³/mol. The zero-order valence-corrected chi connectivity index (χ0v) is 20.1. The number of aliphatic hydroxyl groups is 1. The Morgan fingerprint density at radius 2 is 1.81 bits per heavy atom. The van der Waals surface area contributed by atoms with Crippen LogP contribution in [0, 0.1) is 11.8 Å². The second-order valence-corrected chi connectivity index (χ2v) is 9.01. The van der Waals surface area contributed by atoms with Crippen LogP contribution >= 0.6 is 0 Å². The zero-order valence-electron chi connectivity index (χ0n) is 20.1. The van der Waals surface area contributed by atoms with Crippen LogP contribution in [0.25, 0.3) is 0 Å². The Morgan fingerprint density at radius 3 is 2.47 bits per heavy atom. The van der Waals surface area contributed by atoms with E-state index in [1.165, 1.54) is 13.2 Å². The SMILES string of the molecule is COC(=O)/C=C\C=C\[C@@H](C)[C@@H]1C[C@@H](/C=C\[C@@H](C)[C@@H](O)[C@@H](C)c2ccccc2)OC(C)(C)O1. The number of esters is 1. The number of carbonyl (C=O) groups excluding carboxylic acids is 1. The second kappa shape index (κ2) is 12.1. The maximum atomic E-state index is 11.2. The molecule has 1 saturated heterocycles. The van der Waals surface area contributed by atoms with Crippen molar-refractivity contribution in [1.82, 2.24) is 0 Å². The Labute approximate surface area is 192 Å². The third kappa shape index (κ3) is 8.05. The highest BCUT2D eigenvalue weighted by atomic mass is 16.7. The summed E-state index contributed by atoms with van der Waals surface area (Å²) in [5.41, 5.74) is 1.13. The van der Waals surface area contributed by atoms with E-state index in [2.05, 4.69) is 24.7 Å². The molecular formula is C27H38O5. The van der Waals surface area contributed by atoms with E-state index in [1.807, 2.05) is 69.3 Å². The predicted octanol–water partition coefficient (Wildman–Crippen LogP) is 5.18. The molecule has 0 saturated carbocycles. The van der Waals surface area contributed by atoms with Crippen LogP contribution < -0.4 is 0 Å². The molecule has 1 fully saturated rings. The van der Waals surface area contributed by atoms with Crippen LogP contribution in [-0.2, 0) is 19.0 Å². The molecular weight excluding hydrogens is 404 g/mol. The minimum absolute atomic E-state index is 0.0148. The van der Waals surface area contributed by atoms with Crippen molar-refractivity contribution in [2.75, 3.05) is 7.11 Å². The number of hydrogen-bond donors (Lipinski definition) is 1. The first kappa shape index (κ1) is 26.0. The van der Waals surface area contributed by atoms with Gasteiger partial charge < -0.3 is 19.3 Å². The first-order chi connectivity index (χ1) is 15.1. The Balaban J connectivity index is 1.99. The summed E-state index contributed by atoms with van der Waals surface area (Å²) in [6, 6.07) is 10.1. The third-order valence-corrected chi connectivity index (χ3v) is 5.89. The van der Waals surface area contributed by atoms with Crippen LogP contribution in [0.3, 0.4) is 0 Å². The largest absolute Gasteiger partial charge is 0.466 e. The lowest BCUT2D eigenvalue weighted by Crippen LogP contribution is -2.46. The quantitative estimate of drug-likeness (QED) is 0.247. The van der Waals surface area contributed by atoms with Gasteiger partial charge in [-0.15, -0.1) is 0 Å². The molecule has 32 heavy (non-hydrogen) atoms. The fourth-order valence-corrected chi connectivity index (χ4v) is 3.91. The lowest BCUT2D eigenvalue weighted by molar-refractivity contribution is -0.295. The van der Waals surface area contributed by atoms with Crippen molar-refractivity contribution >= 4 is 5.97 Å². The van der Waals surface area contributed by atoms with Gasteiger partial charge in [0.25, 0.3) is 0 Å². The summed E-state index contributed by atoms with van der Waals surface area (Å²) < 4.78 is 16.8. The molecule has 6 atom stereocenters. The van der Waals surface area contributed by atoms with Gasteiger partial charge in [-0.3, -0.25) is 0 Å². The highest BCUT2D eigenvalue weighted by Gasteiger charge is 2.36. The standard InChI is InChI=1S/C27H38O5/c1-19(12-10-11-15-25(28)30-6)24-18-23(31-27(4,5)32-24)17-16-20(2)26(29)21(3)22-13-8-7-9-14-22/h7-17,19-21,23-24,26,29H,18H2,1-6H3/b12-10+,15-11-,17-16-/t19-,20-,21+,23-,24+,26-/m1/s1. The lowest BCUT2D eigenvalue weighted by atomic mass is 9.87. The van der Waals surface area contributed by atoms with Crippen molar-refractivity contribution in [2.24, 2.45) is 11.8 Å². The number of carbonyl (C=O) groups is 1. The minimum Gasteiger partial charge on any atom is -0.466 e. The van der Waals surface area contributed by atoms with E-state index in [0.29, 0.717) is 6.42 Å². The molecule has 1 N–H and O–H groups in total. The van der Waals surface area contributed by atoms with Crippen molar-refractivity contribution < 1.29 is 24.1 Å². The van der Waals surface area contributed by atoms with E-state index in [1.54, 1.807) is 6.08 Å². The van der Waals surface area contributed by atoms with E-state index in [-0.39, 0.29) is 35.9 Å². The first-order valence-electron chi connectivity index (χ1n) is 11.3. The zero-order chi connectivity index (χ0) is 23.7. The van der Waals surface area contributed by atoms with Gasteiger partial charge in [0.2, 0.25) is 0 Å². The molecule has 2 rings (SSSR count). The van der Waals surface area contributed by atoms with Gasteiger partial charge >= 0.3 is 5.97 Å². The monoisotopic (exact) mass is 442 g/mol. The Kier molecular flexibility index (Phi) is 9.88. The van der Waals surface area contributed by atoms with Gasteiger partial charge in [-0.05, 0) is 19.4 Å². The van der Waals surface area contributed by atoms with E-state index >= 15 is 0 Å². The first-order valence-corrected chi connectivity index (χ1v) is 11.3. The van der Waals surface area contributed by atoms with Crippen LogP contribution in [0.15, 0.2) is 66.8 Å². The molecule has 0 radical (unpaired) electrons. The van der Waals surface area contributed by atoms with Crippen LogP contribution in [0.5, 0.6) is 0 Å². The summed E-state index contributed by atoms with van der Waals surface area (Å²) in [5.74, 6) is -0.926. The topological polar surface area (TPSA) is 65.0 Å². The molecule has 0 bridgehead atoms. The lowest BCUT2D eigenvalue weighted by Gasteiger charge is -2.41. The van der Waals surface area contributed by atoms with E-state index < -0.39 is 11.9 Å². The van der Waals surface area contributed by atoms with Crippen molar-refractivity contribution in [1.29, 1.82) is 0 Å². The smallest absolute Gasteiger partial charge is 0.330 e. The van der Waals surface area contributed by atoms with E-state index in [9.17, 15) is 9.90 Å². The van der Waals surface area contributed by atoms with Gasteiger partial charge in [0.1, 0.15) is 0 Å². The number of allylic oxidation sites excluding steroid dienone is 2. The number of ether oxygens (including phenoxy) is 3. The highest BCUT2D eigenvalue weighted by Crippen LogP contribution is 2.32. The summed E-state index contributed by atoms with van der Waals surface area (Å²) in [4.78, 5) is 11.2. The van der Waals surface area contributed by atoms with Crippen LogP contribution in [-0.4, -0.2) is 42.3 Å². The van der Waals surface area contributed by atoms with Gasteiger partial charge in [-0.2, -0.15) is 0 Å². The maximum Gasteiger partial charge on any atom is 0.330 e. The molecule has 1 aromatic carbocycles. The average molecular weight is 443 g/mol. The van der Waals surface area contributed by atoms with Gasteiger partial charge in [0.05, 0.1) is 25.4 Å². The highest BCUT2D eigenvalue weighted by molar-refractivity contribution is 5.82. The van der Waals surface area contributed by atoms with Crippen LogP contribution in [0.4, 0.5) is 0 Å². The molecule has 1 heterocycles. The Morgan fingerprint density at radius 1 is 1.12 bits per heavy atom. The molecule has 0 amide bonds. The maximum absolute atomic E-state index is 11.2. The summed E-state index contributed by atoms with van der Waals surface area (Å²) in [6.45, 7) is 10.0. The molecule has 176 valence electrons. The molecule has 0 unspecified atom stereocenters. The number of rotatable bonds is 9. The number of methoxy groups -OCH3 is 1. The molecule has 0 spiro atoms. The van der Waals surface area contributed by atoms with Gasteiger partial charge in [0.15, 0.2) is 5.79 Å². The van der Waals surface area contributed by atoms with E-state index in [4.69, 9.17) is 9.47 Å². The fraction of sp³-hybridized carbons (Fsp3) is 0.519. The third-order valence-electron chi connectivity index (χ3n) is 5.89. The van der Waals surface area contributed by atoms with Crippen molar-refractivity contribution in [3.8, 4) is 0 Å². The number of hydrogen-bond acceptors (Lipinski definition) is 5. The van der Waals surface area contributed by atoms with Crippen LogP contribution in [0.1, 0.15) is 52.5 Å². The number of aliphatic hydroxyl groups excluding tert-OH is 1.